The van der Waals surface area contributed by atoms with E-state index in [0.29, 0.717) is 0 Å². The first-order chi connectivity index (χ1) is 9.79. The molecule has 0 spiro atoms. The molecule has 3 aromatic rings. The lowest BCUT2D eigenvalue weighted by atomic mass is 10.2. The maximum atomic E-state index is 4.26. The van der Waals surface area contributed by atoms with Crippen molar-refractivity contribution in [1.29, 1.82) is 0 Å². The van der Waals surface area contributed by atoms with Crippen LogP contribution in [-0.4, -0.2) is 14.8 Å². The van der Waals surface area contributed by atoms with Crippen molar-refractivity contribution in [3.05, 3.63) is 64.4 Å². The van der Waals surface area contributed by atoms with Crippen molar-refractivity contribution in [3.8, 4) is 0 Å². The molecule has 0 bridgehead atoms. The molecule has 0 aliphatic rings. The number of hydrogen-bond acceptors (Lipinski definition) is 4. The van der Waals surface area contributed by atoms with Crippen molar-refractivity contribution < 1.29 is 0 Å². The first-order valence-corrected chi connectivity index (χ1v) is 7.33. The molecule has 102 valence electrons. The van der Waals surface area contributed by atoms with Crippen LogP contribution in [-0.2, 0) is 13.1 Å². The zero-order chi connectivity index (χ0) is 13.8. The Kier molecular flexibility index (Phi) is 3.78. The fourth-order valence-electron chi connectivity index (χ4n) is 2.04. The number of anilines is 1. The van der Waals surface area contributed by atoms with Crippen molar-refractivity contribution in [2.45, 2.75) is 20.0 Å². The molecule has 0 saturated carbocycles. The smallest absolute Gasteiger partial charge is 0.0897 e. The third kappa shape index (κ3) is 3.24. The highest BCUT2D eigenvalue weighted by atomic mass is 32.1. The van der Waals surface area contributed by atoms with Crippen LogP contribution in [0.5, 0.6) is 0 Å². The van der Waals surface area contributed by atoms with E-state index in [0.717, 1.165) is 23.8 Å². The number of hydrogen-bond donors (Lipinski definition) is 1. The molecule has 4 nitrogen and oxygen atoms in total. The van der Waals surface area contributed by atoms with Gasteiger partial charge in [-0.1, -0.05) is 12.1 Å². The standard InChI is InChI=1S/C15H16N4S/c1-12-16-9-15(20-12)10-17-14-5-2-4-13(8-14)11-19-7-3-6-18-19/h2-9,17H,10-11H2,1H3. The van der Waals surface area contributed by atoms with Crippen molar-refractivity contribution in [2.24, 2.45) is 0 Å². The van der Waals surface area contributed by atoms with Gasteiger partial charge in [0.1, 0.15) is 0 Å². The first-order valence-electron chi connectivity index (χ1n) is 6.51. The van der Waals surface area contributed by atoms with Crippen molar-refractivity contribution in [3.63, 3.8) is 0 Å². The number of thiazole rings is 1. The third-order valence-corrected chi connectivity index (χ3v) is 3.88. The molecule has 0 aliphatic carbocycles. The number of benzene rings is 1. The molecule has 5 heteroatoms. The molecular formula is C15H16N4S. The van der Waals surface area contributed by atoms with Crippen LogP contribution >= 0.6 is 11.3 Å². The van der Waals surface area contributed by atoms with Gasteiger partial charge in [0.05, 0.1) is 18.1 Å². The lowest BCUT2D eigenvalue weighted by Crippen LogP contribution is -2.02. The van der Waals surface area contributed by atoms with Gasteiger partial charge in [-0.05, 0) is 30.7 Å². The van der Waals surface area contributed by atoms with Gasteiger partial charge in [0.25, 0.3) is 0 Å². The summed E-state index contributed by atoms with van der Waals surface area (Å²) in [5.74, 6) is 0. The number of aryl methyl sites for hydroxylation is 1. The molecule has 0 saturated heterocycles. The van der Waals surface area contributed by atoms with Gasteiger partial charge in [-0.25, -0.2) is 4.98 Å². The van der Waals surface area contributed by atoms with Crippen molar-refractivity contribution in [2.75, 3.05) is 5.32 Å². The Balaban J connectivity index is 1.65. The predicted molar refractivity (Wildman–Crippen MR) is 81.9 cm³/mol. The number of aromatic nitrogens is 3. The number of rotatable bonds is 5. The minimum Gasteiger partial charge on any atom is -0.380 e. The van der Waals surface area contributed by atoms with Crippen LogP contribution in [0.25, 0.3) is 0 Å². The maximum absolute atomic E-state index is 4.26. The molecule has 2 heterocycles. The van der Waals surface area contributed by atoms with E-state index in [-0.39, 0.29) is 0 Å². The molecule has 0 aliphatic heterocycles. The van der Waals surface area contributed by atoms with E-state index in [9.17, 15) is 0 Å². The van der Waals surface area contributed by atoms with Crippen LogP contribution in [0, 0.1) is 6.92 Å². The summed E-state index contributed by atoms with van der Waals surface area (Å²) in [4.78, 5) is 5.51. The van der Waals surface area contributed by atoms with Gasteiger partial charge in [-0.3, -0.25) is 4.68 Å². The van der Waals surface area contributed by atoms with Gasteiger partial charge in [0, 0.05) is 29.2 Å². The lowest BCUT2D eigenvalue weighted by Gasteiger charge is -2.07. The Morgan fingerprint density at radius 2 is 2.25 bits per heavy atom. The number of nitrogens with one attached hydrogen (secondary N) is 1. The highest BCUT2D eigenvalue weighted by Crippen LogP contribution is 2.16. The minimum atomic E-state index is 0.794. The molecular weight excluding hydrogens is 268 g/mol. The van der Waals surface area contributed by atoms with Gasteiger partial charge in [0.15, 0.2) is 0 Å². The van der Waals surface area contributed by atoms with Gasteiger partial charge in [0.2, 0.25) is 0 Å². The van der Waals surface area contributed by atoms with Crippen molar-refractivity contribution >= 4 is 17.0 Å². The Hall–Kier alpha value is -2.14. The first kappa shape index (κ1) is 12.9. The summed E-state index contributed by atoms with van der Waals surface area (Å²) in [5.41, 5.74) is 2.36. The monoisotopic (exact) mass is 284 g/mol. The average Bonchev–Trinajstić information content (AvgIpc) is 3.09. The summed E-state index contributed by atoms with van der Waals surface area (Å²) < 4.78 is 1.92. The topological polar surface area (TPSA) is 42.7 Å². The molecule has 0 atom stereocenters. The molecule has 0 amide bonds. The molecule has 1 aromatic carbocycles. The Bertz CT molecular complexity index is 673. The summed E-state index contributed by atoms with van der Waals surface area (Å²) in [6.07, 6.45) is 5.70. The summed E-state index contributed by atoms with van der Waals surface area (Å²) in [6.45, 7) is 3.64. The Labute approximate surface area is 122 Å². The highest BCUT2D eigenvalue weighted by Gasteiger charge is 2.00. The normalized spacial score (nSPS) is 10.7. The SMILES string of the molecule is Cc1ncc(CNc2cccc(Cn3cccn3)c2)s1. The van der Waals surface area contributed by atoms with E-state index in [1.807, 2.05) is 30.1 Å². The molecule has 2 aromatic heterocycles. The summed E-state index contributed by atoms with van der Waals surface area (Å²) >= 11 is 1.73. The molecule has 0 unspecified atom stereocenters. The van der Waals surface area contributed by atoms with Crippen LogP contribution in [0.1, 0.15) is 15.4 Å². The summed E-state index contributed by atoms with van der Waals surface area (Å²) in [7, 11) is 0. The van der Waals surface area contributed by atoms with Crippen LogP contribution in [0.2, 0.25) is 0 Å². The van der Waals surface area contributed by atoms with E-state index < -0.39 is 0 Å². The second-order valence-electron chi connectivity index (χ2n) is 4.60. The third-order valence-electron chi connectivity index (χ3n) is 2.97. The zero-order valence-corrected chi connectivity index (χ0v) is 12.1. The fourth-order valence-corrected chi connectivity index (χ4v) is 2.77. The molecule has 1 N–H and O–H groups in total. The van der Waals surface area contributed by atoms with E-state index in [1.165, 1.54) is 10.4 Å². The quantitative estimate of drug-likeness (QED) is 0.781. The van der Waals surface area contributed by atoms with Gasteiger partial charge in [-0.2, -0.15) is 5.10 Å². The maximum Gasteiger partial charge on any atom is 0.0897 e. The minimum absolute atomic E-state index is 0.794. The predicted octanol–water partition coefficient (Wildman–Crippen LogP) is 3.31. The van der Waals surface area contributed by atoms with E-state index in [4.69, 9.17) is 0 Å². The van der Waals surface area contributed by atoms with Crippen molar-refractivity contribution in [1.82, 2.24) is 14.8 Å². The second kappa shape index (κ2) is 5.88. The molecule has 3 rings (SSSR count). The lowest BCUT2D eigenvalue weighted by molar-refractivity contribution is 0.687. The summed E-state index contributed by atoms with van der Waals surface area (Å²) in [6, 6.07) is 10.4. The van der Waals surface area contributed by atoms with Gasteiger partial charge < -0.3 is 5.32 Å². The second-order valence-corrected chi connectivity index (χ2v) is 5.92. The fraction of sp³-hybridized carbons (Fsp3) is 0.200. The van der Waals surface area contributed by atoms with Gasteiger partial charge >= 0.3 is 0 Å². The van der Waals surface area contributed by atoms with E-state index in [1.54, 1.807) is 17.5 Å². The Morgan fingerprint density at radius 1 is 1.30 bits per heavy atom. The summed E-state index contributed by atoms with van der Waals surface area (Å²) in [5, 5.41) is 8.77. The highest BCUT2D eigenvalue weighted by molar-refractivity contribution is 7.11. The van der Waals surface area contributed by atoms with E-state index >= 15 is 0 Å². The van der Waals surface area contributed by atoms with E-state index in [2.05, 4.69) is 39.7 Å². The Morgan fingerprint density at radius 3 is 3.00 bits per heavy atom. The molecule has 0 fully saturated rings. The van der Waals surface area contributed by atoms with Gasteiger partial charge in [-0.15, -0.1) is 11.3 Å². The number of nitrogens with zero attached hydrogens (tertiary/aromatic N) is 3. The average molecular weight is 284 g/mol. The van der Waals surface area contributed by atoms with Crippen LogP contribution in [0.3, 0.4) is 0 Å². The van der Waals surface area contributed by atoms with Crippen LogP contribution < -0.4 is 5.32 Å². The van der Waals surface area contributed by atoms with Crippen LogP contribution in [0.15, 0.2) is 48.9 Å². The molecule has 0 radical (unpaired) electrons. The zero-order valence-electron chi connectivity index (χ0n) is 11.3. The largest absolute Gasteiger partial charge is 0.380 e. The molecule has 20 heavy (non-hydrogen) atoms. The van der Waals surface area contributed by atoms with Crippen LogP contribution in [0.4, 0.5) is 5.69 Å².